The van der Waals surface area contributed by atoms with E-state index < -0.39 is 15.9 Å². The molecule has 0 fully saturated rings. The summed E-state index contributed by atoms with van der Waals surface area (Å²) in [5.41, 5.74) is 1.86. The van der Waals surface area contributed by atoms with Gasteiger partial charge in [-0.15, -0.1) is 4.83 Å². The van der Waals surface area contributed by atoms with Crippen molar-refractivity contribution in [3.05, 3.63) is 47.0 Å². The quantitative estimate of drug-likeness (QED) is 0.677. The summed E-state index contributed by atoms with van der Waals surface area (Å²) >= 11 is 5.77. The van der Waals surface area contributed by atoms with Crippen LogP contribution in [0, 0.1) is 0 Å². The molecule has 1 aliphatic rings. The predicted molar refractivity (Wildman–Crippen MR) is 93.0 cm³/mol. The molecule has 8 nitrogen and oxygen atoms in total. The third-order valence-corrected chi connectivity index (χ3v) is 5.01. The molecule has 0 radical (unpaired) electrons. The Morgan fingerprint density at radius 2 is 1.81 bits per heavy atom. The average Bonchev–Trinajstić information content (AvgIpc) is 2.86. The summed E-state index contributed by atoms with van der Waals surface area (Å²) in [6.07, 6.45) is 0.689. The minimum atomic E-state index is -4.06. The minimum Gasteiger partial charge on any atom is -0.507 e. The van der Waals surface area contributed by atoms with Crippen molar-refractivity contribution in [3.8, 4) is 17.2 Å². The van der Waals surface area contributed by atoms with Crippen LogP contribution in [0.25, 0.3) is 0 Å². The number of aromatic hydroxyl groups is 1. The van der Waals surface area contributed by atoms with Gasteiger partial charge < -0.3 is 14.6 Å². The first-order valence-corrected chi connectivity index (χ1v) is 9.43. The lowest BCUT2D eigenvalue weighted by molar-refractivity contribution is 0.0942. The van der Waals surface area contributed by atoms with E-state index in [1.54, 1.807) is 0 Å². The van der Waals surface area contributed by atoms with Crippen LogP contribution in [0.15, 0.2) is 41.3 Å². The second-order valence-electron chi connectivity index (χ2n) is 5.38. The summed E-state index contributed by atoms with van der Waals surface area (Å²) in [4.78, 5) is 13.9. The molecular weight excluding hydrogens is 384 g/mol. The fraction of sp³-hybridized carbons (Fsp3) is 0.188. The molecular formula is C16H15ClN2O6S. The lowest BCUT2D eigenvalue weighted by Gasteiger charge is -2.12. The van der Waals surface area contributed by atoms with Crippen molar-refractivity contribution in [2.24, 2.45) is 0 Å². The second kappa shape index (κ2) is 7.40. The van der Waals surface area contributed by atoms with E-state index in [0.717, 1.165) is 0 Å². The maximum atomic E-state index is 12.4. The zero-order valence-electron chi connectivity index (χ0n) is 13.4. The number of sulfonamides is 1. The molecule has 2 aromatic carbocycles. The molecule has 1 aliphatic heterocycles. The van der Waals surface area contributed by atoms with Crippen LogP contribution in [0.1, 0.15) is 16.8 Å². The highest BCUT2D eigenvalue weighted by Gasteiger charge is 2.20. The molecule has 0 spiro atoms. The highest BCUT2D eigenvalue weighted by Crippen LogP contribution is 2.31. The third-order valence-electron chi connectivity index (χ3n) is 3.53. The SMILES string of the molecule is O=C(NNS(=O)(=O)c1ccc2c(c1)OCCCO2)c1cc(Cl)ccc1O. The molecule has 1 amide bonds. The van der Waals surface area contributed by atoms with Gasteiger partial charge in [0, 0.05) is 17.5 Å². The number of nitrogens with one attached hydrogen (secondary N) is 2. The summed E-state index contributed by atoms with van der Waals surface area (Å²) in [7, 11) is -4.06. The number of ether oxygens (including phenoxy) is 2. The van der Waals surface area contributed by atoms with Gasteiger partial charge in [-0.25, -0.2) is 8.42 Å². The van der Waals surface area contributed by atoms with E-state index in [4.69, 9.17) is 21.1 Å². The van der Waals surface area contributed by atoms with Crippen molar-refractivity contribution in [2.45, 2.75) is 11.3 Å². The number of rotatable bonds is 4. The van der Waals surface area contributed by atoms with E-state index in [0.29, 0.717) is 31.1 Å². The number of carbonyl (C=O) groups excluding carboxylic acids is 1. The number of halogens is 1. The van der Waals surface area contributed by atoms with Crippen molar-refractivity contribution >= 4 is 27.5 Å². The van der Waals surface area contributed by atoms with Crippen molar-refractivity contribution in [2.75, 3.05) is 13.2 Å². The first-order valence-electron chi connectivity index (χ1n) is 7.57. The van der Waals surface area contributed by atoms with Gasteiger partial charge in [0.05, 0.1) is 23.7 Å². The smallest absolute Gasteiger partial charge is 0.270 e. The predicted octanol–water partition coefficient (Wildman–Crippen LogP) is 1.83. The van der Waals surface area contributed by atoms with Gasteiger partial charge in [0.15, 0.2) is 11.5 Å². The molecule has 1 heterocycles. The lowest BCUT2D eigenvalue weighted by atomic mass is 10.2. The van der Waals surface area contributed by atoms with Crippen molar-refractivity contribution in [3.63, 3.8) is 0 Å². The van der Waals surface area contributed by atoms with Crippen LogP contribution < -0.4 is 19.7 Å². The number of carbonyl (C=O) groups is 1. The molecule has 2 aromatic rings. The molecule has 3 rings (SSSR count). The summed E-state index contributed by atoms with van der Waals surface area (Å²) in [6, 6.07) is 7.98. The first kappa shape index (κ1) is 18.3. The number of phenolic OH excluding ortho intramolecular Hbond substituents is 1. The van der Waals surface area contributed by atoms with Gasteiger partial charge in [0.1, 0.15) is 5.75 Å². The van der Waals surface area contributed by atoms with E-state index in [9.17, 15) is 18.3 Å². The van der Waals surface area contributed by atoms with E-state index in [-0.39, 0.29) is 21.2 Å². The third kappa shape index (κ3) is 4.01. The zero-order chi connectivity index (χ0) is 18.7. The molecule has 0 saturated carbocycles. The molecule has 0 aliphatic carbocycles. The highest BCUT2D eigenvalue weighted by atomic mass is 35.5. The first-order chi connectivity index (χ1) is 12.4. The summed E-state index contributed by atoms with van der Waals surface area (Å²) in [6.45, 7) is 0.894. The van der Waals surface area contributed by atoms with Crippen molar-refractivity contribution in [1.29, 1.82) is 0 Å². The number of fused-ring (bicyclic) bond motifs is 1. The van der Waals surface area contributed by atoms with E-state index in [1.807, 2.05) is 10.3 Å². The maximum Gasteiger partial charge on any atom is 0.270 e. The Labute approximate surface area is 154 Å². The van der Waals surface area contributed by atoms with E-state index in [2.05, 4.69) is 0 Å². The fourth-order valence-corrected chi connectivity index (χ4v) is 3.27. The van der Waals surface area contributed by atoms with Crippen LogP contribution >= 0.6 is 11.6 Å². The minimum absolute atomic E-state index is 0.114. The Hall–Kier alpha value is -2.49. The summed E-state index contributed by atoms with van der Waals surface area (Å²) in [5, 5.41) is 9.90. The number of amides is 1. The van der Waals surface area contributed by atoms with Gasteiger partial charge >= 0.3 is 0 Å². The monoisotopic (exact) mass is 398 g/mol. The van der Waals surface area contributed by atoms with Crippen LogP contribution in [-0.2, 0) is 10.0 Å². The Balaban J connectivity index is 1.76. The largest absolute Gasteiger partial charge is 0.507 e. The average molecular weight is 399 g/mol. The van der Waals surface area contributed by atoms with E-state index in [1.165, 1.54) is 36.4 Å². The molecule has 26 heavy (non-hydrogen) atoms. The van der Waals surface area contributed by atoms with Crippen LogP contribution in [0.4, 0.5) is 0 Å². The maximum absolute atomic E-state index is 12.4. The fourth-order valence-electron chi connectivity index (χ4n) is 2.24. The van der Waals surface area contributed by atoms with Crippen LogP contribution in [0.2, 0.25) is 5.02 Å². The lowest BCUT2D eigenvalue weighted by Crippen LogP contribution is -2.41. The van der Waals surface area contributed by atoms with Crippen LogP contribution in [0.3, 0.4) is 0 Å². The molecule has 0 saturated heterocycles. The van der Waals surface area contributed by atoms with Gasteiger partial charge in [-0.3, -0.25) is 10.2 Å². The van der Waals surface area contributed by atoms with E-state index >= 15 is 0 Å². The number of phenols is 1. The standard InChI is InChI=1S/C16H15ClN2O6S/c17-10-2-4-13(20)12(8-10)16(21)18-19-26(22,23)11-3-5-14-15(9-11)25-7-1-6-24-14/h2-5,8-9,19-20H,1,6-7H2,(H,18,21). The van der Waals surface area contributed by atoms with Crippen molar-refractivity contribution < 1.29 is 27.8 Å². The van der Waals surface area contributed by atoms with Crippen molar-refractivity contribution in [1.82, 2.24) is 10.3 Å². The topological polar surface area (TPSA) is 114 Å². The van der Waals surface area contributed by atoms with Crippen LogP contribution in [0.5, 0.6) is 17.2 Å². The number of benzene rings is 2. The molecule has 0 atom stereocenters. The highest BCUT2D eigenvalue weighted by molar-refractivity contribution is 7.89. The molecule has 0 bridgehead atoms. The second-order valence-corrected chi connectivity index (χ2v) is 7.50. The Morgan fingerprint density at radius 1 is 1.08 bits per heavy atom. The van der Waals surface area contributed by atoms with Gasteiger partial charge in [-0.2, -0.15) is 0 Å². The molecule has 0 aromatic heterocycles. The molecule has 138 valence electrons. The normalized spacial score (nSPS) is 13.7. The van der Waals surface area contributed by atoms with Gasteiger partial charge in [-0.05, 0) is 30.3 Å². The summed E-state index contributed by atoms with van der Waals surface area (Å²) < 4.78 is 35.7. The Kier molecular flexibility index (Phi) is 5.21. The Morgan fingerprint density at radius 3 is 2.58 bits per heavy atom. The summed E-state index contributed by atoms with van der Waals surface area (Å²) in [5.74, 6) is -0.428. The number of hydrogen-bond acceptors (Lipinski definition) is 6. The molecule has 10 heteroatoms. The van der Waals surface area contributed by atoms with Gasteiger partial charge in [0.2, 0.25) is 0 Å². The number of hydrazine groups is 1. The zero-order valence-corrected chi connectivity index (χ0v) is 14.9. The Bertz CT molecular complexity index is 948. The molecule has 3 N–H and O–H groups in total. The van der Waals surface area contributed by atoms with Gasteiger partial charge in [0.25, 0.3) is 15.9 Å². The van der Waals surface area contributed by atoms with Gasteiger partial charge in [-0.1, -0.05) is 11.6 Å². The van der Waals surface area contributed by atoms with Crippen LogP contribution in [-0.4, -0.2) is 32.6 Å². The molecule has 0 unspecified atom stereocenters. The number of hydrogen-bond donors (Lipinski definition) is 3.